The van der Waals surface area contributed by atoms with Crippen LogP contribution in [0.3, 0.4) is 0 Å². The lowest BCUT2D eigenvalue weighted by molar-refractivity contribution is -0.160. The predicted octanol–water partition coefficient (Wildman–Crippen LogP) is 2.02. The van der Waals surface area contributed by atoms with E-state index in [0.717, 1.165) is 17.0 Å². The first kappa shape index (κ1) is 20.7. The SMILES string of the molecule is COC1(C(=O)N[C@@H]2CC(=O)N(C)[C@H]2c2c(C)nn(C)c2C)CCC(F)(F)CC1. The highest BCUT2D eigenvalue weighted by Gasteiger charge is 2.50. The minimum Gasteiger partial charge on any atom is -0.368 e. The number of rotatable bonds is 4. The van der Waals surface area contributed by atoms with Gasteiger partial charge in [0.15, 0.2) is 0 Å². The summed E-state index contributed by atoms with van der Waals surface area (Å²) in [5, 5.41) is 7.35. The molecular formula is C19H28F2N4O3. The Balaban J connectivity index is 1.85. The molecule has 2 aliphatic rings. The van der Waals surface area contributed by atoms with Crippen LogP contribution >= 0.6 is 0 Å². The van der Waals surface area contributed by atoms with E-state index in [-0.39, 0.29) is 44.1 Å². The number of nitrogens with one attached hydrogen (secondary N) is 1. The highest BCUT2D eigenvalue weighted by Crippen LogP contribution is 2.41. The van der Waals surface area contributed by atoms with Gasteiger partial charge in [-0.15, -0.1) is 0 Å². The number of nitrogens with zero attached hydrogens (tertiary/aromatic N) is 3. The third-order valence-electron chi connectivity index (χ3n) is 6.36. The third-order valence-corrected chi connectivity index (χ3v) is 6.36. The van der Waals surface area contributed by atoms with Crippen molar-refractivity contribution < 1.29 is 23.1 Å². The average molecular weight is 398 g/mol. The quantitative estimate of drug-likeness (QED) is 0.842. The lowest BCUT2D eigenvalue weighted by Crippen LogP contribution is -2.55. The van der Waals surface area contributed by atoms with Gasteiger partial charge in [-0.05, 0) is 26.7 Å². The number of carbonyl (C=O) groups excluding carboxylic acids is 2. The van der Waals surface area contributed by atoms with Crippen molar-refractivity contribution in [2.75, 3.05) is 14.2 Å². The highest BCUT2D eigenvalue weighted by atomic mass is 19.3. The first-order valence-corrected chi connectivity index (χ1v) is 9.51. The van der Waals surface area contributed by atoms with Crippen LogP contribution in [0.4, 0.5) is 8.78 Å². The molecule has 1 N–H and O–H groups in total. The van der Waals surface area contributed by atoms with Gasteiger partial charge in [-0.3, -0.25) is 14.3 Å². The zero-order chi connectivity index (χ0) is 20.9. The maximum Gasteiger partial charge on any atom is 0.252 e. The lowest BCUT2D eigenvalue weighted by Gasteiger charge is -2.38. The van der Waals surface area contributed by atoms with Crippen LogP contribution in [-0.2, 0) is 21.4 Å². The summed E-state index contributed by atoms with van der Waals surface area (Å²) in [6.07, 6.45) is -0.719. The summed E-state index contributed by atoms with van der Waals surface area (Å²) in [4.78, 5) is 27.1. The Morgan fingerprint density at radius 2 is 1.82 bits per heavy atom. The maximum atomic E-state index is 13.6. The number of likely N-dealkylation sites (N-methyl/N-ethyl adjacent to an activating group) is 1. The third kappa shape index (κ3) is 3.40. The molecule has 2 amide bonds. The van der Waals surface area contributed by atoms with Crippen LogP contribution in [0.5, 0.6) is 0 Å². The van der Waals surface area contributed by atoms with E-state index < -0.39 is 23.5 Å². The van der Waals surface area contributed by atoms with Crippen LogP contribution < -0.4 is 5.32 Å². The molecule has 2 fully saturated rings. The molecule has 2 atom stereocenters. The molecule has 1 aromatic heterocycles. The van der Waals surface area contributed by atoms with Crippen LogP contribution in [0.25, 0.3) is 0 Å². The van der Waals surface area contributed by atoms with Gasteiger partial charge in [0, 0.05) is 51.7 Å². The van der Waals surface area contributed by atoms with Crippen molar-refractivity contribution in [3.8, 4) is 0 Å². The fraction of sp³-hybridized carbons (Fsp3) is 0.737. The maximum absolute atomic E-state index is 13.6. The first-order chi connectivity index (χ1) is 13.0. The summed E-state index contributed by atoms with van der Waals surface area (Å²) in [5.74, 6) is -3.28. The minimum atomic E-state index is -2.77. The predicted molar refractivity (Wildman–Crippen MR) is 97.9 cm³/mol. The van der Waals surface area contributed by atoms with Gasteiger partial charge in [-0.2, -0.15) is 5.10 Å². The van der Waals surface area contributed by atoms with Crippen LogP contribution in [0.1, 0.15) is 55.1 Å². The van der Waals surface area contributed by atoms with Crippen LogP contribution in [0.15, 0.2) is 0 Å². The van der Waals surface area contributed by atoms with Crippen molar-refractivity contribution >= 4 is 11.8 Å². The molecule has 0 radical (unpaired) electrons. The Morgan fingerprint density at radius 3 is 2.32 bits per heavy atom. The number of hydrogen-bond acceptors (Lipinski definition) is 4. The molecule has 1 saturated heterocycles. The summed E-state index contributed by atoms with van der Waals surface area (Å²) >= 11 is 0. The minimum absolute atomic E-state index is 0.0472. The lowest BCUT2D eigenvalue weighted by atomic mass is 9.81. The van der Waals surface area contributed by atoms with E-state index in [9.17, 15) is 18.4 Å². The molecule has 0 bridgehead atoms. The van der Waals surface area contributed by atoms with Gasteiger partial charge in [0.25, 0.3) is 5.91 Å². The van der Waals surface area contributed by atoms with Gasteiger partial charge in [0.2, 0.25) is 11.8 Å². The van der Waals surface area contributed by atoms with E-state index in [0.29, 0.717) is 0 Å². The Labute approximate surface area is 163 Å². The molecule has 0 unspecified atom stereocenters. The molecule has 0 aromatic carbocycles. The topological polar surface area (TPSA) is 76.5 Å². The monoisotopic (exact) mass is 398 g/mol. The van der Waals surface area contributed by atoms with Gasteiger partial charge < -0.3 is 15.0 Å². The number of likely N-dealkylation sites (tertiary alicyclic amines) is 1. The molecule has 1 saturated carbocycles. The number of hydrogen-bond donors (Lipinski definition) is 1. The molecule has 1 aliphatic heterocycles. The fourth-order valence-electron chi connectivity index (χ4n) is 4.46. The van der Waals surface area contributed by atoms with E-state index in [1.807, 2.05) is 20.9 Å². The van der Waals surface area contributed by atoms with Gasteiger partial charge >= 0.3 is 0 Å². The Kier molecular flexibility index (Phi) is 5.24. The Hall–Kier alpha value is -2.03. The molecule has 7 nitrogen and oxygen atoms in total. The first-order valence-electron chi connectivity index (χ1n) is 9.51. The number of alkyl halides is 2. The molecule has 2 heterocycles. The Bertz CT molecular complexity index is 782. The zero-order valence-electron chi connectivity index (χ0n) is 17.0. The number of amides is 2. The zero-order valence-corrected chi connectivity index (χ0v) is 17.0. The van der Waals surface area contributed by atoms with Gasteiger partial charge in [0.1, 0.15) is 5.60 Å². The summed E-state index contributed by atoms with van der Waals surface area (Å²) < 4.78 is 34.3. The molecular weight excluding hydrogens is 370 g/mol. The second-order valence-corrected chi connectivity index (χ2v) is 8.00. The standard InChI is InChI=1S/C19H28F2N4O3/c1-11-15(12(2)25(4)23-11)16-13(10-14(26)24(16)3)22-17(27)18(28-5)6-8-19(20,21)9-7-18/h13,16H,6-10H2,1-5H3,(H,22,27)/t13-,16-/m1/s1. The van der Waals surface area contributed by atoms with Crippen molar-refractivity contribution in [2.45, 2.75) is 69.6 Å². The number of aryl methyl sites for hydroxylation is 2. The van der Waals surface area contributed by atoms with Crippen molar-refractivity contribution in [3.05, 3.63) is 17.0 Å². The summed E-state index contributed by atoms with van der Waals surface area (Å²) in [6.45, 7) is 3.79. The molecule has 0 spiro atoms. The Morgan fingerprint density at radius 1 is 1.21 bits per heavy atom. The average Bonchev–Trinajstić information content (AvgIpc) is 3.03. The van der Waals surface area contributed by atoms with Gasteiger partial charge in [-0.1, -0.05) is 0 Å². The summed E-state index contributed by atoms with van der Waals surface area (Å²) in [7, 11) is 4.92. The van der Waals surface area contributed by atoms with E-state index in [4.69, 9.17) is 4.74 Å². The molecule has 1 aliphatic carbocycles. The number of halogens is 2. The largest absolute Gasteiger partial charge is 0.368 e. The fourth-order valence-corrected chi connectivity index (χ4v) is 4.46. The smallest absolute Gasteiger partial charge is 0.252 e. The molecule has 156 valence electrons. The van der Waals surface area contributed by atoms with Crippen LogP contribution in [0, 0.1) is 13.8 Å². The van der Waals surface area contributed by atoms with Crippen molar-refractivity contribution in [2.24, 2.45) is 7.05 Å². The highest BCUT2D eigenvalue weighted by molar-refractivity contribution is 5.88. The van der Waals surface area contributed by atoms with E-state index in [1.165, 1.54) is 7.11 Å². The van der Waals surface area contributed by atoms with Gasteiger partial charge in [0.05, 0.1) is 17.8 Å². The number of carbonyl (C=O) groups is 2. The normalized spacial score (nSPS) is 26.5. The number of aromatic nitrogens is 2. The molecule has 3 rings (SSSR count). The summed E-state index contributed by atoms with van der Waals surface area (Å²) in [5.41, 5.74) is 1.34. The van der Waals surface area contributed by atoms with Crippen molar-refractivity contribution in [1.29, 1.82) is 0 Å². The second kappa shape index (κ2) is 7.09. The number of methoxy groups -OCH3 is 1. The van der Waals surface area contributed by atoms with Crippen molar-refractivity contribution in [3.63, 3.8) is 0 Å². The van der Waals surface area contributed by atoms with E-state index >= 15 is 0 Å². The number of ether oxygens (including phenoxy) is 1. The van der Waals surface area contributed by atoms with Crippen LogP contribution in [0.2, 0.25) is 0 Å². The van der Waals surface area contributed by atoms with Crippen LogP contribution in [-0.4, -0.2) is 58.2 Å². The van der Waals surface area contributed by atoms with E-state index in [2.05, 4.69) is 10.4 Å². The van der Waals surface area contributed by atoms with E-state index in [1.54, 1.807) is 16.6 Å². The molecule has 1 aromatic rings. The van der Waals surface area contributed by atoms with Gasteiger partial charge in [-0.25, -0.2) is 8.78 Å². The summed E-state index contributed by atoms with van der Waals surface area (Å²) in [6, 6.07) is -0.829. The molecule has 9 heteroatoms. The second-order valence-electron chi connectivity index (χ2n) is 8.00. The molecule has 28 heavy (non-hydrogen) atoms. The van der Waals surface area contributed by atoms with Crippen molar-refractivity contribution in [1.82, 2.24) is 20.0 Å².